The molecule has 0 aliphatic carbocycles. The lowest BCUT2D eigenvalue weighted by Crippen LogP contribution is -2.42. The van der Waals surface area contributed by atoms with Crippen LogP contribution in [-0.2, 0) is 0 Å². The van der Waals surface area contributed by atoms with Crippen molar-refractivity contribution < 1.29 is 0 Å². The van der Waals surface area contributed by atoms with Crippen LogP contribution >= 0.6 is 0 Å². The van der Waals surface area contributed by atoms with Gasteiger partial charge in [0.15, 0.2) is 0 Å². The lowest BCUT2D eigenvalue weighted by Gasteiger charge is -2.28. The normalized spacial score (nSPS) is 24.6. The predicted molar refractivity (Wildman–Crippen MR) is 71.7 cm³/mol. The minimum absolute atomic E-state index is 0.609. The molecule has 0 amide bonds. The van der Waals surface area contributed by atoms with Gasteiger partial charge in [0.05, 0.1) is 0 Å². The van der Waals surface area contributed by atoms with Gasteiger partial charge in [-0.3, -0.25) is 4.90 Å². The van der Waals surface area contributed by atoms with Gasteiger partial charge in [-0.2, -0.15) is 0 Å². The third kappa shape index (κ3) is 4.06. The molecule has 16 heavy (non-hydrogen) atoms. The minimum atomic E-state index is 0.609. The van der Waals surface area contributed by atoms with Crippen molar-refractivity contribution in [2.75, 3.05) is 19.6 Å². The summed E-state index contributed by atoms with van der Waals surface area (Å²) in [4.78, 5) is 2.69. The summed E-state index contributed by atoms with van der Waals surface area (Å²) in [6.07, 6.45) is 2.67. The second kappa shape index (κ2) is 6.61. The van der Waals surface area contributed by atoms with E-state index in [4.69, 9.17) is 0 Å². The lowest BCUT2D eigenvalue weighted by atomic mass is 9.95. The summed E-state index contributed by atoms with van der Waals surface area (Å²) < 4.78 is 0. The number of likely N-dealkylation sites (tertiary alicyclic amines) is 1. The highest BCUT2D eigenvalue weighted by Crippen LogP contribution is 2.25. The molecule has 1 fully saturated rings. The van der Waals surface area contributed by atoms with Crippen molar-refractivity contribution in [3.63, 3.8) is 0 Å². The van der Waals surface area contributed by atoms with Crippen molar-refractivity contribution in [2.24, 2.45) is 11.8 Å². The number of rotatable bonds is 6. The van der Waals surface area contributed by atoms with Crippen LogP contribution in [0.25, 0.3) is 0 Å². The van der Waals surface area contributed by atoms with Gasteiger partial charge in [0.2, 0.25) is 0 Å². The van der Waals surface area contributed by atoms with Gasteiger partial charge < -0.3 is 5.32 Å². The molecule has 2 nitrogen and oxygen atoms in total. The van der Waals surface area contributed by atoms with Crippen LogP contribution < -0.4 is 5.32 Å². The van der Waals surface area contributed by atoms with Crippen molar-refractivity contribution in [2.45, 2.75) is 59.5 Å². The molecule has 0 spiro atoms. The van der Waals surface area contributed by atoms with Gasteiger partial charge >= 0.3 is 0 Å². The molecular formula is C14H30N2. The van der Waals surface area contributed by atoms with Crippen molar-refractivity contribution in [3.8, 4) is 0 Å². The highest BCUT2D eigenvalue weighted by molar-refractivity contribution is 4.83. The molecule has 1 saturated heterocycles. The second-order valence-corrected chi connectivity index (χ2v) is 5.91. The van der Waals surface area contributed by atoms with Gasteiger partial charge in [0, 0.05) is 25.2 Å². The summed E-state index contributed by atoms with van der Waals surface area (Å²) in [5.41, 5.74) is 0. The van der Waals surface area contributed by atoms with Crippen LogP contribution in [0.1, 0.15) is 47.5 Å². The number of nitrogens with one attached hydrogen (secondary N) is 1. The number of nitrogens with zero attached hydrogens (tertiary/aromatic N) is 1. The Morgan fingerprint density at radius 2 is 1.94 bits per heavy atom. The fourth-order valence-corrected chi connectivity index (χ4v) is 2.59. The van der Waals surface area contributed by atoms with E-state index in [0.717, 1.165) is 24.4 Å². The molecular weight excluding hydrogens is 196 g/mol. The fraction of sp³-hybridized carbons (Fsp3) is 1.00. The molecule has 0 bridgehead atoms. The fourth-order valence-electron chi connectivity index (χ4n) is 2.59. The van der Waals surface area contributed by atoms with Crippen LogP contribution in [-0.4, -0.2) is 36.6 Å². The molecule has 0 aromatic rings. The molecule has 2 unspecified atom stereocenters. The van der Waals surface area contributed by atoms with Gasteiger partial charge in [-0.25, -0.2) is 0 Å². The summed E-state index contributed by atoms with van der Waals surface area (Å²) in [5.74, 6) is 1.77. The summed E-state index contributed by atoms with van der Waals surface area (Å²) in [7, 11) is 0. The molecule has 96 valence electrons. The average molecular weight is 226 g/mol. The van der Waals surface area contributed by atoms with Gasteiger partial charge in [-0.1, -0.05) is 34.6 Å². The van der Waals surface area contributed by atoms with Crippen molar-refractivity contribution in [1.82, 2.24) is 10.2 Å². The topological polar surface area (TPSA) is 15.3 Å². The number of hydrogen-bond acceptors (Lipinski definition) is 2. The van der Waals surface area contributed by atoms with Gasteiger partial charge in [-0.05, 0) is 31.2 Å². The summed E-state index contributed by atoms with van der Waals surface area (Å²) in [6.45, 7) is 15.3. The highest BCUT2D eigenvalue weighted by Gasteiger charge is 2.28. The molecule has 2 atom stereocenters. The summed E-state index contributed by atoms with van der Waals surface area (Å²) >= 11 is 0. The van der Waals surface area contributed by atoms with Crippen LogP contribution in [0.3, 0.4) is 0 Å². The summed E-state index contributed by atoms with van der Waals surface area (Å²) in [6, 6.07) is 1.35. The Balaban J connectivity index is 2.37. The molecule has 1 rings (SSSR count). The third-order valence-corrected chi connectivity index (χ3v) is 3.95. The molecule has 1 aliphatic heterocycles. The van der Waals surface area contributed by atoms with E-state index in [2.05, 4.69) is 44.8 Å². The Bertz CT molecular complexity index is 189. The molecule has 1 N–H and O–H groups in total. The van der Waals surface area contributed by atoms with Gasteiger partial charge in [0.25, 0.3) is 0 Å². The largest absolute Gasteiger partial charge is 0.313 e. The maximum absolute atomic E-state index is 3.58. The van der Waals surface area contributed by atoms with E-state index in [1.165, 1.54) is 25.9 Å². The van der Waals surface area contributed by atoms with E-state index < -0.39 is 0 Å². The first-order valence-electron chi connectivity index (χ1n) is 7.02. The smallest absolute Gasteiger partial charge is 0.0218 e. The maximum Gasteiger partial charge on any atom is 0.0218 e. The van der Waals surface area contributed by atoms with Crippen molar-refractivity contribution in [1.29, 1.82) is 0 Å². The zero-order valence-corrected chi connectivity index (χ0v) is 11.8. The van der Waals surface area contributed by atoms with Crippen LogP contribution in [0.15, 0.2) is 0 Å². The Morgan fingerprint density at radius 1 is 1.25 bits per heavy atom. The Labute approximate surface area is 102 Å². The van der Waals surface area contributed by atoms with Crippen LogP contribution in [0, 0.1) is 11.8 Å². The van der Waals surface area contributed by atoms with Gasteiger partial charge in [-0.15, -0.1) is 0 Å². The average Bonchev–Trinajstić information content (AvgIpc) is 2.67. The molecule has 0 saturated carbocycles. The van der Waals surface area contributed by atoms with E-state index in [1.54, 1.807) is 0 Å². The van der Waals surface area contributed by atoms with E-state index >= 15 is 0 Å². The predicted octanol–water partition coefficient (Wildman–Crippen LogP) is 2.74. The van der Waals surface area contributed by atoms with Crippen molar-refractivity contribution in [3.05, 3.63) is 0 Å². The van der Waals surface area contributed by atoms with Crippen LogP contribution in [0.5, 0.6) is 0 Å². The third-order valence-electron chi connectivity index (χ3n) is 3.95. The molecule has 0 aromatic carbocycles. The SMILES string of the molecule is CCC(CNC(C)C)N1CCC(C(C)C)C1. The van der Waals surface area contributed by atoms with E-state index in [9.17, 15) is 0 Å². The lowest BCUT2D eigenvalue weighted by molar-refractivity contribution is 0.211. The first-order chi connectivity index (χ1) is 7.54. The molecule has 1 aliphatic rings. The van der Waals surface area contributed by atoms with Crippen LogP contribution in [0.2, 0.25) is 0 Å². The van der Waals surface area contributed by atoms with Crippen LogP contribution in [0.4, 0.5) is 0 Å². The molecule has 0 aromatic heterocycles. The molecule has 1 heterocycles. The first-order valence-corrected chi connectivity index (χ1v) is 7.02. The standard InChI is InChI=1S/C14H30N2/c1-6-14(9-15-12(4)5)16-8-7-13(10-16)11(2)3/h11-15H,6-10H2,1-5H3. The zero-order valence-electron chi connectivity index (χ0n) is 11.8. The zero-order chi connectivity index (χ0) is 12.1. The van der Waals surface area contributed by atoms with E-state index in [-0.39, 0.29) is 0 Å². The second-order valence-electron chi connectivity index (χ2n) is 5.91. The Morgan fingerprint density at radius 3 is 2.38 bits per heavy atom. The highest BCUT2D eigenvalue weighted by atomic mass is 15.2. The van der Waals surface area contributed by atoms with E-state index in [0.29, 0.717) is 6.04 Å². The Hall–Kier alpha value is -0.0800. The quantitative estimate of drug-likeness (QED) is 0.749. The summed E-state index contributed by atoms with van der Waals surface area (Å²) in [5, 5.41) is 3.58. The monoisotopic (exact) mass is 226 g/mol. The Kier molecular flexibility index (Phi) is 5.77. The molecule has 0 radical (unpaired) electrons. The maximum atomic E-state index is 3.58. The van der Waals surface area contributed by atoms with Crippen molar-refractivity contribution >= 4 is 0 Å². The first kappa shape index (κ1) is 14.0. The number of hydrogen-bond donors (Lipinski definition) is 1. The van der Waals surface area contributed by atoms with E-state index in [1.807, 2.05) is 0 Å². The molecule has 2 heteroatoms. The van der Waals surface area contributed by atoms with Gasteiger partial charge in [0.1, 0.15) is 0 Å². The minimum Gasteiger partial charge on any atom is -0.313 e.